The van der Waals surface area contributed by atoms with Gasteiger partial charge in [-0.25, -0.2) is 0 Å². The molecule has 4 unspecified atom stereocenters. The van der Waals surface area contributed by atoms with Crippen molar-refractivity contribution in [3.63, 3.8) is 0 Å². The van der Waals surface area contributed by atoms with Crippen LogP contribution in [0.1, 0.15) is 59.3 Å². The van der Waals surface area contributed by atoms with Crippen molar-refractivity contribution in [1.82, 2.24) is 10.2 Å². The molecule has 0 amide bonds. The molecule has 2 heteroatoms. The summed E-state index contributed by atoms with van der Waals surface area (Å²) in [6, 6.07) is 2.40. The van der Waals surface area contributed by atoms with Gasteiger partial charge in [0.15, 0.2) is 0 Å². The molecule has 0 spiro atoms. The van der Waals surface area contributed by atoms with E-state index in [1.807, 2.05) is 0 Å². The molecule has 0 saturated heterocycles. The SMILES string of the molecule is CCCCN(C1CC1)C1C(C)CC(C)CC1NC. The average Bonchev–Trinajstić information content (AvgIpc) is 3.15. The first-order chi connectivity index (χ1) is 8.67. The molecule has 0 bridgehead atoms. The molecule has 2 aliphatic rings. The molecular formula is C16H32N2. The van der Waals surface area contributed by atoms with E-state index in [-0.39, 0.29) is 0 Å². The van der Waals surface area contributed by atoms with Crippen molar-refractivity contribution in [2.45, 2.75) is 77.4 Å². The molecule has 1 N–H and O–H groups in total. The molecule has 0 aromatic carbocycles. The molecule has 0 aliphatic heterocycles. The minimum atomic E-state index is 0.709. The van der Waals surface area contributed by atoms with Crippen molar-refractivity contribution < 1.29 is 0 Å². The Hall–Kier alpha value is -0.0800. The van der Waals surface area contributed by atoms with Gasteiger partial charge in [-0.1, -0.05) is 27.2 Å². The summed E-state index contributed by atoms with van der Waals surface area (Å²) < 4.78 is 0. The number of likely N-dealkylation sites (N-methyl/N-ethyl adjacent to an activating group) is 1. The van der Waals surface area contributed by atoms with Crippen molar-refractivity contribution in [2.75, 3.05) is 13.6 Å². The van der Waals surface area contributed by atoms with Crippen LogP contribution in [-0.4, -0.2) is 36.6 Å². The maximum Gasteiger partial charge on any atom is 0.0277 e. The van der Waals surface area contributed by atoms with Crippen molar-refractivity contribution >= 4 is 0 Å². The second-order valence-corrected chi connectivity index (χ2v) is 6.76. The van der Waals surface area contributed by atoms with Gasteiger partial charge in [0.05, 0.1) is 0 Å². The highest BCUT2D eigenvalue weighted by Gasteiger charge is 2.42. The predicted octanol–water partition coefficient (Wildman–Crippen LogP) is 3.27. The molecule has 2 nitrogen and oxygen atoms in total. The van der Waals surface area contributed by atoms with Gasteiger partial charge in [0.1, 0.15) is 0 Å². The van der Waals surface area contributed by atoms with Gasteiger partial charge >= 0.3 is 0 Å². The molecule has 4 atom stereocenters. The second kappa shape index (κ2) is 6.38. The van der Waals surface area contributed by atoms with E-state index in [2.05, 4.69) is 38.0 Å². The summed E-state index contributed by atoms with van der Waals surface area (Å²) >= 11 is 0. The standard InChI is InChI=1S/C16H32N2/c1-5-6-9-18(14-7-8-14)16-13(3)10-12(2)11-15(16)17-4/h12-17H,5-11H2,1-4H3. The smallest absolute Gasteiger partial charge is 0.0277 e. The maximum absolute atomic E-state index is 3.61. The first-order valence-corrected chi connectivity index (χ1v) is 8.10. The largest absolute Gasteiger partial charge is 0.315 e. The van der Waals surface area contributed by atoms with E-state index >= 15 is 0 Å². The number of rotatable bonds is 6. The quantitative estimate of drug-likeness (QED) is 0.780. The van der Waals surface area contributed by atoms with Crippen LogP contribution in [0, 0.1) is 11.8 Å². The van der Waals surface area contributed by atoms with E-state index in [1.165, 1.54) is 45.1 Å². The molecule has 2 saturated carbocycles. The zero-order chi connectivity index (χ0) is 13.1. The van der Waals surface area contributed by atoms with E-state index in [9.17, 15) is 0 Å². The molecule has 0 aromatic heterocycles. The predicted molar refractivity (Wildman–Crippen MR) is 78.8 cm³/mol. The van der Waals surface area contributed by atoms with Crippen molar-refractivity contribution in [3.05, 3.63) is 0 Å². The van der Waals surface area contributed by atoms with Gasteiger partial charge in [-0.3, -0.25) is 4.90 Å². The second-order valence-electron chi connectivity index (χ2n) is 6.76. The number of hydrogen-bond donors (Lipinski definition) is 1. The van der Waals surface area contributed by atoms with E-state index < -0.39 is 0 Å². The Kier molecular flexibility index (Phi) is 5.08. The van der Waals surface area contributed by atoms with Crippen LogP contribution in [0.15, 0.2) is 0 Å². The molecule has 2 aliphatic carbocycles. The Bertz CT molecular complexity index is 249. The molecule has 2 fully saturated rings. The van der Waals surface area contributed by atoms with E-state index in [0.717, 1.165) is 23.9 Å². The van der Waals surface area contributed by atoms with Gasteiger partial charge in [-0.2, -0.15) is 0 Å². The van der Waals surface area contributed by atoms with Crippen LogP contribution in [0.5, 0.6) is 0 Å². The topological polar surface area (TPSA) is 15.3 Å². The van der Waals surface area contributed by atoms with E-state index in [4.69, 9.17) is 0 Å². The lowest BCUT2D eigenvalue weighted by Gasteiger charge is -2.46. The van der Waals surface area contributed by atoms with Gasteiger partial charge in [-0.05, 0) is 57.5 Å². The molecule has 106 valence electrons. The monoisotopic (exact) mass is 252 g/mol. The normalized spacial score (nSPS) is 37.2. The third kappa shape index (κ3) is 3.27. The Labute approximate surface area is 114 Å². The fourth-order valence-electron chi connectivity index (χ4n) is 4.01. The van der Waals surface area contributed by atoms with Crippen LogP contribution in [0.3, 0.4) is 0 Å². The zero-order valence-electron chi connectivity index (χ0n) is 12.8. The highest BCUT2D eigenvalue weighted by Crippen LogP contribution is 2.38. The van der Waals surface area contributed by atoms with Gasteiger partial charge < -0.3 is 5.32 Å². The fraction of sp³-hybridized carbons (Fsp3) is 1.00. The molecule has 0 aromatic rings. The first-order valence-electron chi connectivity index (χ1n) is 8.10. The summed E-state index contributed by atoms with van der Waals surface area (Å²) in [6.45, 7) is 8.53. The third-order valence-corrected chi connectivity index (χ3v) is 4.97. The lowest BCUT2D eigenvalue weighted by molar-refractivity contribution is 0.0567. The Balaban J connectivity index is 2.05. The number of nitrogens with one attached hydrogen (secondary N) is 1. The highest BCUT2D eigenvalue weighted by atomic mass is 15.2. The molecule has 18 heavy (non-hydrogen) atoms. The first kappa shape index (κ1) is 14.3. The van der Waals surface area contributed by atoms with Crippen LogP contribution in [0.2, 0.25) is 0 Å². The van der Waals surface area contributed by atoms with Crippen molar-refractivity contribution in [2.24, 2.45) is 11.8 Å². The minimum Gasteiger partial charge on any atom is -0.315 e. The van der Waals surface area contributed by atoms with Crippen molar-refractivity contribution in [1.29, 1.82) is 0 Å². The van der Waals surface area contributed by atoms with Crippen LogP contribution in [0.25, 0.3) is 0 Å². The Morgan fingerprint density at radius 3 is 2.44 bits per heavy atom. The Morgan fingerprint density at radius 2 is 1.89 bits per heavy atom. The maximum atomic E-state index is 3.61. The van der Waals surface area contributed by atoms with Crippen LogP contribution >= 0.6 is 0 Å². The van der Waals surface area contributed by atoms with Gasteiger partial charge in [0.25, 0.3) is 0 Å². The lowest BCUT2D eigenvalue weighted by Crippen LogP contribution is -2.56. The number of unbranched alkanes of at least 4 members (excludes halogenated alkanes) is 1. The highest BCUT2D eigenvalue weighted by molar-refractivity contribution is 4.98. The summed E-state index contributed by atoms with van der Waals surface area (Å²) in [4.78, 5) is 2.86. The number of nitrogens with zero attached hydrogens (tertiary/aromatic N) is 1. The van der Waals surface area contributed by atoms with Gasteiger partial charge in [-0.15, -0.1) is 0 Å². The fourth-order valence-corrected chi connectivity index (χ4v) is 4.01. The Morgan fingerprint density at radius 1 is 1.17 bits per heavy atom. The number of hydrogen-bond acceptors (Lipinski definition) is 2. The summed E-state index contributed by atoms with van der Waals surface area (Å²) in [5.41, 5.74) is 0. The van der Waals surface area contributed by atoms with Crippen LogP contribution < -0.4 is 5.32 Å². The molecule has 2 rings (SSSR count). The summed E-state index contributed by atoms with van der Waals surface area (Å²) in [7, 11) is 2.16. The van der Waals surface area contributed by atoms with Crippen LogP contribution in [0.4, 0.5) is 0 Å². The van der Waals surface area contributed by atoms with E-state index in [0.29, 0.717) is 6.04 Å². The molecule has 0 heterocycles. The summed E-state index contributed by atoms with van der Waals surface area (Å²) in [5.74, 6) is 1.74. The van der Waals surface area contributed by atoms with Crippen LogP contribution in [-0.2, 0) is 0 Å². The minimum absolute atomic E-state index is 0.709. The van der Waals surface area contributed by atoms with Gasteiger partial charge in [0.2, 0.25) is 0 Å². The summed E-state index contributed by atoms with van der Waals surface area (Å²) in [6.07, 6.45) is 8.35. The van der Waals surface area contributed by atoms with E-state index in [1.54, 1.807) is 0 Å². The lowest BCUT2D eigenvalue weighted by atomic mass is 9.75. The molecule has 0 radical (unpaired) electrons. The summed E-state index contributed by atoms with van der Waals surface area (Å²) in [5, 5.41) is 3.61. The van der Waals surface area contributed by atoms with Gasteiger partial charge in [0, 0.05) is 18.1 Å². The molecular weight excluding hydrogens is 220 g/mol. The van der Waals surface area contributed by atoms with Crippen molar-refractivity contribution in [3.8, 4) is 0 Å². The zero-order valence-corrected chi connectivity index (χ0v) is 12.8. The average molecular weight is 252 g/mol. The third-order valence-electron chi connectivity index (χ3n) is 4.97.